The van der Waals surface area contributed by atoms with Crippen molar-refractivity contribution in [1.82, 2.24) is 14.7 Å². The van der Waals surface area contributed by atoms with Crippen LogP contribution in [0.4, 0.5) is 4.39 Å². The fourth-order valence-electron chi connectivity index (χ4n) is 4.74. The molecule has 6 nitrogen and oxygen atoms in total. The average Bonchev–Trinajstić information content (AvgIpc) is 3.52. The van der Waals surface area contributed by atoms with Crippen LogP contribution in [0.2, 0.25) is 0 Å². The summed E-state index contributed by atoms with van der Waals surface area (Å²) in [4.78, 5) is 33.7. The molecular weight excluding hydrogens is 453 g/mol. The van der Waals surface area contributed by atoms with E-state index in [0.29, 0.717) is 18.8 Å². The highest BCUT2D eigenvalue weighted by atomic mass is 32.1. The summed E-state index contributed by atoms with van der Waals surface area (Å²) in [5.74, 6) is 0.0536. The van der Waals surface area contributed by atoms with Crippen LogP contribution in [0.15, 0.2) is 35.7 Å². The summed E-state index contributed by atoms with van der Waals surface area (Å²) in [6, 6.07) is 7.75. The van der Waals surface area contributed by atoms with Crippen LogP contribution < -0.4 is 4.74 Å². The Hall–Kier alpha value is -2.45. The number of rotatable bonds is 9. The number of hydrogen-bond donors (Lipinski definition) is 0. The molecule has 2 aromatic rings. The zero-order valence-corrected chi connectivity index (χ0v) is 20.9. The summed E-state index contributed by atoms with van der Waals surface area (Å²) in [6.45, 7) is 8.22. The molecule has 1 aromatic heterocycles. The monoisotopic (exact) mass is 487 g/mol. The average molecular weight is 488 g/mol. The number of thiophene rings is 1. The Labute approximate surface area is 205 Å². The van der Waals surface area contributed by atoms with Gasteiger partial charge in [-0.1, -0.05) is 13.8 Å². The minimum atomic E-state index is -0.314. The van der Waals surface area contributed by atoms with E-state index in [0.717, 1.165) is 31.6 Å². The molecule has 184 valence electrons. The lowest BCUT2D eigenvalue weighted by molar-refractivity contribution is -0.144. The Bertz CT molecular complexity index is 972. The van der Waals surface area contributed by atoms with E-state index in [1.54, 1.807) is 28.4 Å². The predicted octanol–water partition coefficient (Wildman–Crippen LogP) is 3.97. The van der Waals surface area contributed by atoms with Gasteiger partial charge in [-0.25, -0.2) is 4.39 Å². The number of fused-ring (bicyclic) bond motifs is 1. The van der Waals surface area contributed by atoms with E-state index in [1.807, 2.05) is 24.1 Å². The first-order chi connectivity index (χ1) is 16.4. The summed E-state index contributed by atoms with van der Waals surface area (Å²) in [6.07, 6.45) is 3.20. The summed E-state index contributed by atoms with van der Waals surface area (Å²) in [7, 11) is 0. The first-order valence-corrected chi connectivity index (χ1v) is 13.1. The van der Waals surface area contributed by atoms with Crippen molar-refractivity contribution < 1.29 is 18.7 Å². The van der Waals surface area contributed by atoms with Crippen LogP contribution in [0.25, 0.3) is 0 Å². The van der Waals surface area contributed by atoms with Crippen LogP contribution in [-0.2, 0) is 16.0 Å². The van der Waals surface area contributed by atoms with Crippen molar-refractivity contribution in [2.75, 3.05) is 45.9 Å². The Kier molecular flexibility index (Phi) is 8.21. The SMILES string of the molecule is CC(C)C(=O)N(CCN1CCCC1)CC(=O)N1CCc2sccc2C1COc1ccc(F)cc1. The van der Waals surface area contributed by atoms with Gasteiger partial charge >= 0.3 is 0 Å². The Morgan fingerprint density at radius 3 is 2.59 bits per heavy atom. The second-order valence-corrected chi connectivity index (χ2v) is 10.4. The molecule has 2 aliphatic rings. The van der Waals surface area contributed by atoms with Crippen molar-refractivity contribution in [3.05, 3.63) is 52.0 Å². The number of amides is 2. The molecule has 1 atom stereocenters. The van der Waals surface area contributed by atoms with Crippen molar-refractivity contribution in [2.45, 2.75) is 39.2 Å². The van der Waals surface area contributed by atoms with E-state index in [9.17, 15) is 14.0 Å². The molecule has 34 heavy (non-hydrogen) atoms. The second-order valence-electron chi connectivity index (χ2n) is 9.38. The van der Waals surface area contributed by atoms with Crippen LogP contribution in [0.5, 0.6) is 5.75 Å². The molecule has 1 aromatic carbocycles. The van der Waals surface area contributed by atoms with E-state index >= 15 is 0 Å². The van der Waals surface area contributed by atoms with Crippen LogP contribution in [0.1, 0.15) is 43.2 Å². The lowest BCUT2D eigenvalue weighted by Gasteiger charge is -2.37. The van der Waals surface area contributed by atoms with Gasteiger partial charge in [0.25, 0.3) is 0 Å². The maximum Gasteiger partial charge on any atom is 0.242 e. The van der Waals surface area contributed by atoms with Crippen molar-refractivity contribution in [3.63, 3.8) is 0 Å². The molecule has 0 spiro atoms. The molecule has 0 saturated carbocycles. The van der Waals surface area contributed by atoms with E-state index in [-0.39, 0.29) is 42.7 Å². The number of carbonyl (C=O) groups is 2. The molecule has 1 fully saturated rings. The molecule has 0 aliphatic carbocycles. The highest BCUT2D eigenvalue weighted by Gasteiger charge is 2.34. The maximum absolute atomic E-state index is 13.5. The molecule has 4 rings (SSSR count). The topological polar surface area (TPSA) is 53.1 Å². The molecule has 0 radical (unpaired) electrons. The third-order valence-corrected chi connectivity index (χ3v) is 7.65. The van der Waals surface area contributed by atoms with Crippen LogP contribution in [0, 0.1) is 11.7 Å². The molecule has 3 heterocycles. The van der Waals surface area contributed by atoms with Gasteiger partial charge in [-0.05, 0) is 73.6 Å². The van der Waals surface area contributed by atoms with Crippen LogP contribution in [-0.4, -0.2) is 72.4 Å². The number of carbonyl (C=O) groups excluding carboxylic acids is 2. The van der Waals surface area contributed by atoms with Gasteiger partial charge in [-0.2, -0.15) is 0 Å². The van der Waals surface area contributed by atoms with Gasteiger partial charge in [0.2, 0.25) is 11.8 Å². The first-order valence-electron chi connectivity index (χ1n) is 12.2. The molecule has 1 unspecified atom stereocenters. The molecule has 8 heteroatoms. The summed E-state index contributed by atoms with van der Waals surface area (Å²) < 4.78 is 19.2. The molecule has 2 aliphatic heterocycles. The minimum Gasteiger partial charge on any atom is -0.491 e. The fourth-order valence-corrected chi connectivity index (χ4v) is 5.66. The molecule has 2 amide bonds. The third-order valence-electron chi connectivity index (χ3n) is 6.65. The summed E-state index contributed by atoms with van der Waals surface area (Å²) >= 11 is 1.70. The van der Waals surface area contributed by atoms with Gasteiger partial charge in [-0.3, -0.25) is 9.59 Å². The highest BCUT2D eigenvalue weighted by molar-refractivity contribution is 7.10. The van der Waals surface area contributed by atoms with Crippen LogP contribution >= 0.6 is 11.3 Å². The standard InChI is InChI=1S/C26H34FN3O3S/c1-19(2)26(32)29(15-14-28-11-3-4-12-28)17-25(31)30-13-9-24-22(10-16-34-24)23(30)18-33-21-7-5-20(27)6-8-21/h5-8,10,16,19,23H,3-4,9,11-15,17-18H2,1-2H3. The van der Waals surface area contributed by atoms with E-state index in [2.05, 4.69) is 11.0 Å². The number of ether oxygens (including phenoxy) is 1. The predicted molar refractivity (Wildman–Crippen MR) is 131 cm³/mol. The van der Waals surface area contributed by atoms with Crippen LogP contribution in [0.3, 0.4) is 0 Å². The summed E-state index contributed by atoms with van der Waals surface area (Å²) in [5, 5.41) is 2.05. The van der Waals surface area contributed by atoms with Crippen molar-refractivity contribution >= 4 is 23.2 Å². The third kappa shape index (κ3) is 5.96. The van der Waals surface area contributed by atoms with E-state index in [4.69, 9.17) is 4.74 Å². The number of hydrogen-bond acceptors (Lipinski definition) is 5. The van der Waals surface area contributed by atoms with E-state index < -0.39 is 0 Å². The number of benzene rings is 1. The molecule has 1 saturated heterocycles. The van der Waals surface area contributed by atoms with Gasteiger partial charge in [0.15, 0.2) is 0 Å². The Morgan fingerprint density at radius 1 is 1.15 bits per heavy atom. The van der Waals surface area contributed by atoms with Gasteiger partial charge < -0.3 is 19.4 Å². The highest BCUT2D eigenvalue weighted by Crippen LogP contribution is 2.34. The van der Waals surface area contributed by atoms with Gasteiger partial charge in [0.1, 0.15) is 18.2 Å². The second kappa shape index (κ2) is 11.3. The normalized spacial score (nSPS) is 18.2. The molecule has 0 bridgehead atoms. The molecule has 0 N–H and O–H groups in total. The quantitative estimate of drug-likeness (QED) is 0.537. The van der Waals surface area contributed by atoms with E-state index in [1.165, 1.54) is 29.9 Å². The fraction of sp³-hybridized carbons (Fsp3) is 0.538. The first kappa shape index (κ1) is 24.7. The molecular formula is C26H34FN3O3S. The zero-order valence-electron chi connectivity index (χ0n) is 20.0. The number of nitrogens with zero attached hydrogens (tertiary/aromatic N) is 3. The number of halogens is 1. The van der Waals surface area contributed by atoms with Crippen molar-refractivity contribution in [1.29, 1.82) is 0 Å². The largest absolute Gasteiger partial charge is 0.491 e. The van der Waals surface area contributed by atoms with Gasteiger partial charge in [-0.15, -0.1) is 11.3 Å². The zero-order chi connectivity index (χ0) is 24.1. The van der Waals surface area contributed by atoms with Gasteiger partial charge in [0.05, 0.1) is 12.6 Å². The van der Waals surface area contributed by atoms with Crippen molar-refractivity contribution in [3.8, 4) is 5.75 Å². The lowest BCUT2D eigenvalue weighted by Crippen LogP contribution is -2.49. The number of likely N-dealkylation sites (tertiary alicyclic amines) is 1. The van der Waals surface area contributed by atoms with Gasteiger partial charge in [0, 0.05) is 30.4 Å². The lowest BCUT2D eigenvalue weighted by atomic mass is 10.00. The Morgan fingerprint density at radius 2 is 1.88 bits per heavy atom. The minimum absolute atomic E-state index is 0.0138. The Balaban J connectivity index is 1.46. The van der Waals surface area contributed by atoms with Crippen molar-refractivity contribution in [2.24, 2.45) is 5.92 Å². The smallest absolute Gasteiger partial charge is 0.242 e. The summed E-state index contributed by atoms with van der Waals surface area (Å²) in [5.41, 5.74) is 1.10. The maximum atomic E-state index is 13.5.